The number of H-pyrrole nitrogens is 2. The van der Waals surface area contributed by atoms with Gasteiger partial charge in [-0.1, -0.05) is 6.07 Å². The number of ether oxygens (including phenoxy) is 1. The predicted octanol–water partition coefficient (Wildman–Crippen LogP) is 0.291. The fourth-order valence-electron chi connectivity index (χ4n) is 1.71. The van der Waals surface area contributed by atoms with Gasteiger partial charge >= 0.3 is 11.7 Å². The maximum absolute atomic E-state index is 11.1. The Kier molecular flexibility index (Phi) is 3.78. The van der Waals surface area contributed by atoms with E-state index >= 15 is 0 Å². The van der Waals surface area contributed by atoms with Crippen LogP contribution in [0.5, 0.6) is 0 Å². The Labute approximate surface area is 103 Å². The van der Waals surface area contributed by atoms with Crippen LogP contribution < -0.4 is 11.4 Å². The van der Waals surface area contributed by atoms with Crippen LogP contribution in [0.25, 0.3) is 11.0 Å². The molecule has 1 aromatic heterocycles. The van der Waals surface area contributed by atoms with Crippen molar-refractivity contribution in [1.82, 2.24) is 9.97 Å². The fourth-order valence-corrected chi connectivity index (χ4v) is 1.71. The molecule has 0 aliphatic carbocycles. The Morgan fingerprint density at radius 2 is 2.06 bits per heavy atom. The first-order valence-corrected chi connectivity index (χ1v) is 5.75. The summed E-state index contributed by atoms with van der Waals surface area (Å²) in [5, 5.41) is 0. The van der Waals surface area contributed by atoms with Gasteiger partial charge in [0.2, 0.25) is 0 Å². The van der Waals surface area contributed by atoms with Crippen LogP contribution in [0.4, 0.5) is 0 Å². The van der Waals surface area contributed by atoms with Crippen LogP contribution in [0.2, 0.25) is 0 Å². The van der Waals surface area contributed by atoms with Crippen molar-refractivity contribution in [3.63, 3.8) is 0 Å². The molecule has 2 rings (SSSR count). The molecule has 0 atom stereocenters. The first-order valence-electron chi connectivity index (χ1n) is 5.75. The van der Waals surface area contributed by atoms with Crippen LogP contribution in [0.1, 0.15) is 12.0 Å². The third kappa shape index (κ3) is 2.98. The molecule has 18 heavy (non-hydrogen) atoms. The lowest BCUT2D eigenvalue weighted by Crippen LogP contribution is -2.12. The van der Waals surface area contributed by atoms with Crippen molar-refractivity contribution in [2.75, 3.05) is 13.2 Å². The minimum absolute atomic E-state index is 0.225. The minimum atomic E-state index is -0.284. The number of nitrogens with two attached hydrogens (primary N) is 1. The van der Waals surface area contributed by atoms with Gasteiger partial charge in [0.05, 0.1) is 24.1 Å². The smallest absolute Gasteiger partial charge is 0.323 e. The van der Waals surface area contributed by atoms with Crippen molar-refractivity contribution in [2.24, 2.45) is 5.73 Å². The number of esters is 1. The maximum Gasteiger partial charge on any atom is 0.323 e. The number of hydrogen-bond acceptors (Lipinski definition) is 4. The summed E-state index contributed by atoms with van der Waals surface area (Å²) in [7, 11) is 0. The van der Waals surface area contributed by atoms with Gasteiger partial charge in [0, 0.05) is 13.0 Å². The molecule has 0 amide bonds. The SMILES string of the molecule is NCCC(=O)OCCc1ccc2[nH]c(=O)[nH]c2c1. The van der Waals surface area contributed by atoms with E-state index in [9.17, 15) is 9.59 Å². The zero-order valence-electron chi connectivity index (χ0n) is 9.86. The molecule has 1 aromatic carbocycles. The van der Waals surface area contributed by atoms with Gasteiger partial charge in [0.1, 0.15) is 0 Å². The largest absolute Gasteiger partial charge is 0.465 e. The molecule has 2 aromatic rings. The number of carbonyl (C=O) groups is 1. The van der Waals surface area contributed by atoms with E-state index in [-0.39, 0.29) is 18.1 Å². The topological polar surface area (TPSA) is 101 Å². The maximum atomic E-state index is 11.1. The monoisotopic (exact) mass is 249 g/mol. The van der Waals surface area contributed by atoms with E-state index in [1.54, 1.807) is 0 Å². The molecule has 0 aliphatic heterocycles. The van der Waals surface area contributed by atoms with Crippen molar-refractivity contribution in [1.29, 1.82) is 0 Å². The standard InChI is InChI=1S/C12H15N3O3/c13-5-3-11(16)18-6-4-8-1-2-9-10(7-8)15-12(17)14-9/h1-2,7H,3-6,13H2,(H2,14,15,17). The van der Waals surface area contributed by atoms with E-state index in [4.69, 9.17) is 10.5 Å². The summed E-state index contributed by atoms with van der Waals surface area (Å²) in [6, 6.07) is 5.58. The van der Waals surface area contributed by atoms with E-state index in [2.05, 4.69) is 9.97 Å². The number of aromatic nitrogens is 2. The number of hydrogen-bond donors (Lipinski definition) is 3. The molecular weight excluding hydrogens is 234 g/mol. The lowest BCUT2D eigenvalue weighted by molar-refractivity contribution is -0.143. The van der Waals surface area contributed by atoms with Gasteiger partial charge in [-0.25, -0.2) is 4.79 Å². The molecule has 96 valence electrons. The Morgan fingerprint density at radius 1 is 1.28 bits per heavy atom. The number of benzene rings is 1. The first-order chi connectivity index (χ1) is 8.69. The molecule has 6 nitrogen and oxygen atoms in total. The van der Waals surface area contributed by atoms with E-state index in [1.165, 1.54) is 0 Å². The third-order valence-corrected chi connectivity index (χ3v) is 2.58. The zero-order valence-corrected chi connectivity index (χ0v) is 9.86. The third-order valence-electron chi connectivity index (χ3n) is 2.58. The lowest BCUT2D eigenvalue weighted by Gasteiger charge is -2.04. The summed E-state index contributed by atoms with van der Waals surface area (Å²) in [5.41, 5.74) is 7.53. The van der Waals surface area contributed by atoms with Gasteiger partial charge in [0.25, 0.3) is 0 Å². The summed E-state index contributed by atoms with van der Waals surface area (Å²) in [4.78, 5) is 27.5. The van der Waals surface area contributed by atoms with Crippen molar-refractivity contribution in [3.05, 3.63) is 34.2 Å². The number of rotatable bonds is 5. The summed E-state index contributed by atoms with van der Waals surface area (Å²) in [6.45, 7) is 0.619. The molecule has 0 saturated carbocycles. The van der Waals surface area contributed by atoms with Gasteiger partial charge in [-0.2, -0.15) is 0 Å². The summed E-state index contributed by atoms with van der Waals surface area (Å²) in [5.74, 6) is -0.284. The van der Waals surface area contributed by atoms with Crippen LogP contribution in [0.3, 0.4) is 0 Å². The second-order valence-corrected chi connectivity index (χ2v) is 3.97. The second kappa shape index (κ2) is 5.50. The average molecular weight is 249 g/mol. The highest BCUT2D eigenvalue weighted by Gasteiger charge is 2.03. The van der Waals surface area contributed by atoms with E-state index in [0.29, 0.717) is 19.6 Å². The molecule has 0 bridgehead atoms. The number of aromatic amines is 2. The Hall–Kier alpha value is -2.08. The highest BCUT2D eigenvalue weighted by atomic mass is 16.5. The average Bonchev–Trinajstić information content (AvgIpc) is 2.69. The number of fused-ring (bicyclic) bond motifs is 1. The van der Waals surface area contributed by atoms with Gasteiger partial charge in [-0.05, 0) is 17.7 Å². The molecule has 0 spiro atoms. The van der Waals surface area contributed by atoms with Crippen LogP contribution >= 0.6 is 0 Å². The Bertz CT molecular complexity index is 600. The molecule has 0 saturated heterocycles. The van der Waals surface area contributed by atoms with Gasteiger partial charge < -0.3 is 20.4 Å². The van der Waals surface area contributed by atoms with Crippen LogP contribution in [-0.4, -0.2) is 29.1 Å². The van der Waals surface area contributed by atoms with Crippen molar-refractivity contribution < 1.29 is 9.53 Å². The number of nitrogens with one attached hydrogen (secondary N) is 2. The van der Waals surface area contributed by atoms with Gasteiger partial charge in [0.15, 0.2) is 0 Å². The van der Waals surface area contributed by atoms with E-state index in [0.717, 1.165) is 16.6 Å². The van der Waals surface area contributed by atoms with E-state index in [1.807, 2.05) is 18.2 Å². The van der Waals surface area contributed by atoms with Crippen molar-refractivity contribution >= 4 is 17.0 Å². The van der Waals surface area contributed by atoms with Gasteiger partial charge in [-0.3, -0.25) is 4.79 Å². The van der Waals surface area contributed by atoms with Crippen LogP contribution in [0, 0.1) is 0 Å². The lowest BCUT2D eigenvalue weighted by atomic mass is 10.1. The zero-order chi connectivity index (χ0) is 13.0. The molecule has 6 heteroatoms. The molecule has 0 fully saturated rings. The highest BCUT2D eigenvalue weighted by molar-refractivity contribution is 5.75. The van der Waals surface area contributed by atoms with Crippen LogP contribution in [-0.2, 0) is 16.0 Å². The Balaban J connectivity index is 1.95. The quantitative estimate of drug-likeness (QED) is 0.663. The summed E-state index contributed by atoms with van der Waals surface area (Å²) < 4.78 is 5.00. The Morgan fingerprint density at radius 3 is 2.83 bits per heavy atom. The molecule has 0 radical (unpaired) electrons. The summed E-state index contributed by atoms with van der Waals surface area (Å²) in [6.07, 6.45) is 0.851. The first kappa shape index (κ1) is 12.4. The van der Waals surface area contributed by atoms with Crippen LogP contribution in [0.15, 0.2) is 23.0 Å². The molecule has 1 heterocycles. The molecule has 0 unspecified atom stereocenters. The molecule has 0 aliphatic rings. The summed E-state index contributed by atoms with van der Waals surface area (Å²) >= 11 is 0. The fraction of sp³-hybridized carbons (Fsp3) is 0.333. The highest BCUT2D eigenvalue weighted by Crippen LogP contribution is 2.10. The number of imidazole rings is 1. The van der Waals surface area contributed by atoms with Crippen molar-refractivity contribution in [3.8, 4) is 0 Å². The van der Waals surface area contributed by atoms with Crippen molar-refractivity contribution in [2.45, 2.75) is 12.8 Å². The predicted molar refractivity (Wildman–Crippen MR) is 67.3 cm³/mol. The molecule has 4 N–H and O–H groups in total. The number of carbonyl (C=O) groups excluding carboxylic acids is 1. The van der Waals surface area contributed by atoms with Gasteiger partial charge in [-0.15, -0.1) is 0 Å². The molecular formula is C12H15N3O3. The minimum Gasteiger partial charge on any atom is -0.465 e. The normalized spacial score (nSPS) is 10.7. The van der Waals surface area contributed by atoms with E-state index < -0.39 is 0 Å². The second-order valence-electron chi connectivity index (χ2n) is 3.97.